The van der Waals surface area contributed by atoms with Crippen LogP contribution < -0.4 is 10.6 Å². The van der Waals surface area contributed by atoms with Gasteiger partial charge in [0.25, 0.3) is 0 Å². The third kappa shape index (κ3) is 4.19. The molecule has 2 aromatic carbocycles. The average molecular weight is 580 g/mol. The molecule has 0 radical (unpaired) electrons. The first-order chi connectivity index (χ1) is 20.7. The lowest BCUT2D eigenvalue weighted by molar-refractivity contribution is -0.149. The highest BCUT2D eigenvalue weighted by Gasteiger charge is 2.53. The maximum Gasteiger partial charge on any atom is 0.243 e. The molecule has 1 saturated carbocycles. The van der Waals surface area contributed by atoms with Crippen molar-refractivity contribution in [3.63, 3.8) is 0 Å². The Morgan fingerprint density at radius 2 is 1.79 bits per heavy atom. The Morgan fingerprint density at radius 3 is 2.51 bits per heavy atom. The predicted octanol–water partition coefficient (Wildman–Crippen LogP) is 4.89. The molecule has 2 aliphatic heterocycles. The number of pyridine rings is 1. The molecule has 3 aromatic rings. The van der Waals surface area contributed by atoms with E-state index in [0.29, 0.717) is 41.9 Å². The van der Waals surface area contributed by atoms with E-state index in [0.717, 1.165) is 48.4 Å². The van der Waals surface area contributed by atoms with Gasteiger partial charge >= 0.3 is 0 Å². The number of anilines is 1. The molecule has 2 amide bonds. The fourth-order valence-electron chi connectivity index (χ4n) is 7.63. The number of amides is 2. The number of aromatic nitrogens is 1. The Morgan fingerprint density at radius 1 is 1.07 bits per heavy atom. The van der Waals surface area contributed by atoms with Crippen molar-refractivity contribution >= 4 is 23.7 Å². The molecule has 7 rings (SSSR count). The monoisotopic (exact) mass is 579 g/mol. The number of nitrogens with zero attached hydrogens (tertiary/aromatic N) is 3. The first-order valence-electron chi connectivity index (χ1n) is 14.7. The van der Waals surface area contributed by atoms with Crippen LogP contribution in [0, 0.1) is 23.0 Å². The van der Waals surface area contributed by atoms with Crippen molar-refractivity contribution in [2.45, 2.75) is 61.9 Å². The second-order valence-corrected chi connectivity index (χ2v) is 12.5. The van der Waals surface area contributed by atoms with E-state index >= 15 is 0 Å². The van der Waals surface area contributed by atoms with Gasteiger partial charge in [0.2, 0.25) is 11.8 Å². The van der Waals surface area contributed by atoms with Crippen molar-refractivity contribution in [2.24, 2.45) is 0 Å². The molecular weight excluding hydrogens is 548 g/mol. The summed E-state index contributed by atoms with van der Waals surface area (Å²) in [4.78, 5) is 33.2. The third-order valence-corrected chi connectivity index (χ3v) is 10.0. The summed E-state index contributed by atoms with van der Waals surface area (Å²) in [5, 5.41) is 16.4. The Labute approximate surface area is 248 Å². The van der Waals surface area contributed by atoms with E-state index in [1.807, 2.05) is 43.3 Å². The lowest BCUT2D eigenvalue weighted by atomic mass is 9.79. The normalized spacial score (nSPS) is 25.4. The number of fused-ring (bicyclic) bond motifs is 3. The zero-order valence-corrected chi connectivity index (χ0v) is 23.8. The molecule has 2 aliphatic carbocycles. The summed E-state index contributed by atoms with van der Waals surface area (Å²) in [6.45, 7) is 2.39. The van der Waals surface area contributed by atoms with E-state index in [1.54, 1.807) is 11.1 Å². The Kier molecular flexibility index (Phi) is 6.26. The lowest BCUT2D eigenvalue weighted by Crippen LogP contribution is -2.70. The van der Waals surface area contributed by atoms with Crippen LogP contribution in [-0.2, 0) is 33.4 Å². The summed E-state index contributed by atoms with van der Waals surface area (Å²) in [5.74, 6) is -0.959. The number of rotatable bonds is 4. The number of nitriles is 1. The van der Waals surface area contributed by atoms with Crippen molar-refractivity contribution in [3.8, 4) is 6.07 Å². The number of benzene rings is 2. The van der Waals surface area contributed by atoms with Gasteiger partial charge in [-0.05, 0) is 79.1 Å². The van der Waals surface area contributed by atoms with Crippen LogP contribution in [0.1, 0.15) is 66.0 Å². The Hall–Kier alpha value is -4.42. The molecule has 2 spiro atoms. The van der Waals surface area contributed by atoms with Gasteiger partial charge in [0, 0.05) is 30.9 Å². The largest absolute Gasteiger partial charge is 0.327 e. The van der Waals surface area contributed by atoms with E-state index in [9.17, 15) is 23.6 Å². The molecule has 7 nitrogen and oxygen atoms in total. The third-order valence-electron chi connectivity index (χ3n) is 10.0. The summed E-state index contributed by atoms with van der Waals surface area (Å²) < 4.78 is 28.6. The number of halogens is 2. The lowest BCUT2D eigenvalue weighted by Gasteiger charge is -2.51. The number of carbonyl (C=O) groups is 2. The van der Waals surface area contributed by atoms with Crippen LogP contribution in [0.3, 0.4) is 0 Å². The van der Waals surface area contributed by atoms with Crippen molar-refractivity contribution in [2.75, 3.05) is 18.4 Å². The molecule has 0 bridgehead atoms. The highest BCUT2D eigenvalue weighted by atomic mass is 19.1. The summed E-state index contributed by atoms with van der Waals surface area (Å²) in [6.07, 6.45) is 9.64. The Bertz CT molecular complexity index is 1740. The first-order valence-corrected chi connectivity index (χ1v) is 14.7. The van der Waals surface area contributed by atoms with E-state index < -0.39 is 28.1 Å². The topological polar surface area (TPSA) is 98.1 Å². The van der Waals surface area contributed by atoms with Crippen LogP contribution in [0.5, 0.6) is 0 Å². The van der Waals surface area contributed by atoms with Gasteiger partial charge in [0.15, 0.2) is 0 Å². The van der Waals surface area contributed by atoms with E-state index in [4.69, 9.17) is 0 Å². The van der Waals surface area contributed by atoms with Crippen LogP contribution in [0.4, 0.5) is 14.6 Å². The van der Waals surface area contributed by atoms with Crippen LogP contribution in [-0.4, -0.2) is 40.3 Å². The number of carbonyl (C=O) groups excluding carboxylic acids is 2. The summed E-state index contributed by atoms with van der Waals surface area (Å²) in [6, 6.07) is 13.3. The smallest absolute Gasteiger partial charge is 0.243 e. The zero-order chi connectivity index (χ0) is 30.0. The molecule has 4 aliphatic rings. The summed E-state index contributed by atoms with van der Waals surface area (Å²) in [7, 11) is 0. The molecule has 2 fully saturated rings. The van der Waals surface area contributed by atoms with Gasteiger partial charge in [0.05, 0.1) is 28.1 Å². The van der Waals surface area contributed by atoms with Gasteiger partial charge in [-0.25, -0.2) is 13.8 Å². The van der Waals surface area contributed by atoms with Gasteiger partial charge in [0.1, 0.15) is 17.5 Å². The average Bonchev–Trinajstić information content (AvgIpc) is 3.68. The molecule has 1 aromatic heterocycles. The molecule has 218 valence electrons. The van der Waals surface area contributed by atoms with Crippen molar-refractivity contribution < 1.29 is 18.4 Å². The van der Waals surface area contributed by atoms with Gasteiger partial charge in [-0.1, -0.05) is 37.1 Å². The van der Waals surface area contributed by atoms with Crippen molar-refractivity contribution in [3.05, 3.63) is 99.8 Å². The first kappa shape index (κ1) is 27.4. The van der Waals surface area contributed by atoms with Crippen LogP contribution in [0.25, 0.3) is 6.08 Å². The van der Waals surface area contributed by atoms with Crippen molar-refractivity contribution in [1.82, 2.24) is 15.2 Å². The fraction of sp³-hybridized carbons (Fsp3) is 0.353. The zero-order valence-electron chi connectivity index (χ0n) is 23.8. The molecule has 0 unspecified atom stereocenters. The minimum Gasteiger partial charge on any atom is -0.327 e. The maximum atomic E-state index is 14.3. The number of nitrogens with one attached hydrogen (secondary N) is 2. The molecule has 2 N–H and O–H groups in total. The van der Waals surface area contributed by atoms with Crippen LogP contribution >= 0.6 is 0 Å². The maximum absolute atomic E-state index is 14.3. The highest BCUT2D eigenvalue weighted by molar-refractivity contribution is 6.06. The van der Waals surface area contributed by atoms with Gasteiger partial charge in [-0.3, -0.25) is 9.59 Å². The molecule has 3 heterocycles. The van der Waals surface area contributed by atoms with E-state index in [-0.39, 0.29) is 18.4 Å². The minimum atomic E-state index is -0.988. The van der Waals surface area contributed by atoms with Gasteiger partial charge in [-0.15, -0.1) is 0 Å². The quantitative estimate of drug-likeness (QED) is 0.459. The molecular formula is C34H31F2N5O2. The predicted molar refractivity (Wildman–Crippen MR) is 157 cm³/mol. The van der Waals surface area contributed by atoms with Crippen LogP contribution in [0.2, 0.25) is 0 Å². The van der Waals surface area contributed by atoms with Gasteiger partial charge < -0.3 is 15.5 Å². The van der Waals surface area contributed by atoms with Gasteiger partial charge in [-0.2, -0.15) is 5.26 Å². The summed E-state index contributed by atoms with van der Waals surface area (Å²) in [5.41, 5.74) is 1.98. The fourth-order valence-corrected chi connectivity index (χ4v) is 7.63. The Balaban J connectivity index is 1.21. The van der Waals surface area contributed by atoms with Crippen molar-refractivity contribution in [1.29, 1.82) is 5.26 Å². The molecule has 2 atom stereocenters. The number of piperazine rings is 1. The second-order valence-electron chi connectivity index (χ2n) is 12.5. The molecule has 9 heteroatoms. The second kappa shape index (κ2) is 9.81. The SMILES string of the molecule is C[C@@]1(c2cc(F)cc(F)c2)CNC2(CCCC2)C(=O)N1CC=Cc1cc2c(cc1C#N)C[C@]1(C2)C(=O)Nc2ncccc21. The van der Waals surface area contributed by atoms with Crippen LogP contribution in [0.15, 0.2) is 54.7 Å². The molecule has 1 saturated heterocycles. The van der Waals surface area contributed by atoms with E-state index in [1.165, 1.54) is 12.1 Å². The minimum absolute atomic E-state index is 0.0796. The highest BCUT2D eigenvalue weighted by Crippen LogP contribution is 2.47. The standard InChI is InChI=1S/C34H31F2N5O2/c1-32(25-14-26(35)16-27(36)15-25)20-39-34(8-2-3-9-34)31(43)41(32)11-5-6-21-12-22-17-33(18-23(22)13-24(21)19-37)28-7-4-10-38-29(28)40-30(33)42/h4-7,10,12-16,39H,2-3,8-9,11,17-18,20H2,1H3,(H,38,40,42)/t32-,33-/m0/s1. The summed E-state index contributed by atoms with van der Waals surface area (Å²) >= 11 is 0. The molecule has 43 heavy (non-hydrogen) atoms. The van der Waals surface area contributed by atoms with E-state index in [2.05, 4.69) is 21.7 Å². The number of hydrogen-bond acceptors (Lipinski definition) is 5. The number of hydrogen-bond donors (Lipinski definition) is 2.